The molecular formula is C16H16O2. The first-order valence-corrected chi connectivity index (χ1v) is 6.03. The zero-order valence-corrected chi connectivity index (χ0v) is 10.6. The minimum Gasteiger partial charge on any atom is -0.478 e. The van der Waals surface area contributed by atoms with Crippen molar-refractivity contribution in [2.24, 2.45) is 0 Å². The minimum absolute atomic E-state index is 0.352. The number of carboxylic acid groups (broad SMARTS) is 1. The molecule has 2 aromatic carbocycles. The number of benzene rings is 2. The summed E-state index contributed by atoms with van der Waals surface area (Å²) >= 11 is 0. The number of aromatic carboxylic acids is 1. The van der Waals surface area contributed by atoms with E-state index in [4.69, 9.17) is 0 Å². The summed E-state index contributed by atoms with van der Waals surface area (Å²) in [5, 5.41) is 9.26. The van der Waals surface area contributed by atoms with Gasteiger partial charge in [-0.25, -0.2) is 4.79 Å². The lowest BCUT2D eigenvalue weighted by Gasteiger charge is -2.14. The average Bonchev–Trinajstić information content (AvgIpc) is 2.38. The summed E-state index contributed by atoms with van der Waals surface area (Å²) in [5.41, 5.74) is 3.32. The van der Waals surface area contributed by atoms with E-state index in [9.17, 15) is 9.90 Å². The van der Waals surface area contributed by atoms with Crippen molar-refractivity contribution >= 4 is 5.97 Å². The second-order valence-electron chi connectivity index (χ2n) is 4.59. The average molecular weight is 240 g/mol. The Hall–Kier alpha value is -2.09. The van der Waals surface area contributed by atoms with Crippen molar-refractivity contribution in [3.05, 3.63) is 59.7 Å². The molecule has 2 nitrogen and oxygen atoms in total. The topological polar surface area (TPSA) is 37.3 Å². The van der Waals surface area contributed by atoms with Crippen molar-refractivity contribution in [1.82, 2.24) is 0 Å². The fraction of sp³-hybridized carbons (Fsp3) is 0.188. The van der Waals surface area contributed by atoms with E-state index < -0.39 is 5.97 Å². The molecule has 0 fully saturated rings. The van der Waals surface area contributed by atoms with Gasteiger partial charge in [-0.2, -0.15) is 0 Å². The fourth-order valence-electron chi connectivity index (χ4n) is 2.15. The van der Waals surface area contributed by atoms with E-state index in [-0.39, 0.29) is 0 Å². The van der Waals surface area contributed by atoms with Gasteiger partial charge < -0.3 is 5.11 Å². The highest BCUT2D eigenvalue weighted by Gasteiger charge is 2.14. The number of rotatable bonds is 3. The highest BCUT2D eigenvalue weighted by atomic mass is 16.4. The highest BCUT2D eigenvalue weighted by molar-refractivity contribution is 5.96. The Labute approximate surface area is 107 Å². The van der Waals surface area contributed by atoms with Crippen LogP contribution in [0.4, 0.5) is 0 Å². The number of hydrogen-bond acceptors (Lipinski definition) is 1. The molecule has 0 aromatic heterocycles. The van der Waals surface area contributed by atoms with Gasteiger partial charge in [-0.1, -0.05) is 56.3 Å². The Morgan fingerprint density at radius 1 is 0.944 bits per heavy atom. The molecule has 0 spiro atoms. The molecule has 92 valence electrons. The third kappa shape index (κ3) is 2.28. The Morgan fingerprint density at radius 2 is 1.50 bits per heavy atom. The molecule has 0 atom stereocenters. The van der Waals surface area contributed by atoms with Crippen LogP contribution >= 0.6 is 0 Å². The van der Waals surface area contributed by atoms with E-state index in [1.807, 2.05) is 30.3 Å². The first-order chi connectivity index (χ1) is 8.61. The molecule has 0 saturated carbocycles. The fourth-order valence-corrected chi connectivity index (χ4v) is 2.15. The molecule has 0 saturated heterocycles. The minimum atomic E-state index is -0.885. The maximum Gasteiger partial charge on any atom is 0.336 e. The Balaban J connectivity index is 2.66. The van der Waals surface area contributed by atoms with Gasteiger partial charge >= 0.3 is 5.97 Å². The highest BCUT2D eigenvalue weighted by Crippen LogP contribution is 2.31. The van der Waals surface area contributed by atoms with Crippen LogP contribution in [-0.4, -0.2) is 11.1 Å². The van der Waals surface area contributed by atoms with Gasteiger partial charge in [-0.15, -0.1) is 0 Å². The van der Waals surface area contributed by atoms with E-state index in [1.165, 1.54) is 5.56 Å². The van der Waals surface area contributed by atoms with Crippen molar-refractivity contribution in [2.45, 2.75) is 19.8 Å². The number of carboxylic acids is 1. The molecule has 18 heavy (non-hydrogen) atoms. The van der Waals surface area contributed by atoms with Crippen LogP contribution < -0.4 is 0 Å². The van der Waals surface area contributed by atoms with Gasteiger partial charge in [0.05, 0.1) is 5.56 Å². The van der Waals surface area contributed by atoms with Crippen LogP contribution in [0, 0.1) is 0 Å². The van der Waals surface area contributed by atoms with Crippen LogP contribution in [0.5, 0.6) is 0 Å². The third-order valence-electron chi connectivity index (χ3n) is 3.03. The lowest BCUT2D eigenvalue weighted by Crippen LogP contribution is -2.01. The molecule has 0 aliphatic carbocycles. The molecule has 1 N–H and O–H groups in total. The molecule has 0 amide bonds. The lowest BCUT2D eigenvalue weighted by atomic mass is 9.90. The van der Waals surface area contributed by atoms with E-state index in [1.54, 1.807) is 12.1 Å². The standard InChI is InChI=1S/C16H16O2/c1-11(2)12-7-3-4-8-13(12)14-9-5-6-10-15(14)16(17)18/h3-11H,1-2H3,(H,17,18). The van der Waals surface area contributed by atoms with Crippen molar-refractivity contribution in [2.75, 3.05) is 0 Å². The summed E-state index contributed by atoms with van der Waals surface area (Å²) in [4.78, 5) is 11.3. The zero-order valence-electron chi connectivity index (χ0n) is 10.6. The van der Waals surface area contributed by atoms with Gasteiger partial charge in [-0.05, 0) is 28.7 Å². The number of hydrogen-bond donors (Lipinski definition) is 1. The summed E-state index contributed by atoms with van der Waals surface area (Å²) in [6.45, 7) is 4.23. The van der Waals surface area contributed by atoms with Gasteiger partial charge in [0.25, 0.3) is 0 Å². The van der Waals surface area contributed by atoms with Crippen molar-refractivity contribution < 1.29 is 9.90 Å². The van der Waals surface area contributed by atoms with Crippen molar-refractivity contribution in [3.8, 4) is 11.1 Å². The summed E-state index contributed by atoms with van der Waals surface area (Å²) in [6.07, 6.45) is 0. The SMILES string of the molecule is CC(C)c1ccccc1-c1ccccc1C(=O)O. The zero-order chi connectivity index (χ0) is 13.1. The first kappa shape index (κ1) is 12.4. The van der Waals surface area contributed by atoms with Gasteiger partial charge in [0, 0.05) is 0 Å². The second kappa shape index (κ2) is 5.05. The molecule has 0 radical (unpaired) electrons. The van der Waals surface area contributed by atoms with Gasteiger partial charge in [0.1, 0.15) is 0 Å². The van der Waals surface area contributed by atoms with E-state index >= 15 is 0 Å². The molecule has 0 bridgehead atoms. The van der Waals surface area contributed by atoms with Crippen molar-refractivity contribution in [1.29, 1.82) is 0 Å². The van der Waals surface area contributed by atoms with E-state index in [2.05, 4.69) is 19.9 Å². The predicted octanol–water partition coefficient (Wildman–Crippen LogP) is 4.18. The van der Waals surface area contributed by atoms with E-state index in [0.29, 0.717) is 11.5 Å². The molecule has 2 rings (SSSR count). The molecule has 0 unspecified atom stereocenters. The summed E-state index contributed by atoms with van der Waals surface area (Å²) in [6, 6.07) is 15.1. The molecular weight excluding hydrogens is 224 g/mol. The molecule has 0 aliphatic rings. The molecule has 0 heterocycles. The van der Waals surface area contributed by atoms with Gasteiger partial charge in [0.2, 0.25) is 0 Å². The maximum absolute atomic E-state index is 11.3. The summed E-state index contributed by atoms with van der Waals surface area (Å²) in [7, 11) is 0. The first-order valence-electron chi connectivity index (χ1n) is 6.03. The van der Waals surface area contributed by atoms with Crippen molar-refractivity contribution in [3.63, 3.8) is 0 Å². The normalized spacial score (nSPS) is 10.6. The Morgan fingerprint density at radius 3 is 2.11 bits per heavy atom. The Kier molecular flexibility index (Phi) is 3.47. The number of carbonyl (C=O) groups is 1. The summed E-state index contributed by atoms with van der Waals surface area (Å²) < 4.78 is 0. The van der Waals surface area contributed by atoms with E-state index in [0.717, 1.165) is 11.1 Å². The van der Waals surface area contributed by atoms with Crippen LogP contribution in [-0.2, 0) is 0 Å². The van der Waals surface area contributed by atoms with Gasteiger partial charge in [0.15, 0.2) is 0 Å². The van der Waals surface area contributed by atoms with Gasteiger partial charge in [-0.3, -0.25) is 0 Å². The van der Waals surface area contributed by atoms with Crippen LogP contribution in [0.15, 0.2) is 48.5 Å². The van der Waals surface area contributed by atoms with Crippen LogP contribution in [0.2, 0.25) is 0 Å². The molecule has 2 heteroatoms. The molecule has 0 aliphatic heterocycles. The molecule has 2 aromatic rings. The lowest BCUT2D eigenvalue weighted by molar-refractivity contribution is 0.0697. The summed E-state index contributed by atoms with van der Waals surface area (Å²) in [5.74, 6) is -0.521. The largest absolute Gasteiger partial charge is 0.478 e. The monoisotopic (exact) mass is 240 g/mol. The second-order valence-corrected chi connectivity index (χ2v) is 4.59. The maximum atomic E-state index is 11.3. The van der Waals surface area contributed by atoms with Crippen LogP contribution in [0.3, 0.4) is 0 Å². The Bertz CT molecular complexity index is 571. The van der Waals surface area contributed by atoms with Crippen LogP contribution in [0.25, 0.3) is 11.1 Å². The predicted molar refractivity (Wildman–Crippen MR) is 72.9 cm³/mol. The smallest absolute Gasteiger partial charge is 0.336 e. The van der Waals surface area contributed by atoms with Crippen LogP contribution in [0.1, 0.15) is 35.7 Å². The quantitative estimate of drug-likeness (QED) is 0.874. The third-order valence-corrected chi connectivity index (χ3v) is 3.03.